The van der Waals surface area contributed by atoms with E-state index in [1.807, 2.05) is 0 Å². The van der Waals surface area contributed by atoms with E-state index >= 15 is 0 Å². The Labute approximate surface area is 96.3 Å². The van der Waals surface area contributed by atoms with Crippen molar-refractivity contribution in [1.29, 1.82) is 0 Å². The summed E-state index contributed by atoms with van der Waals surface area (Å²) in [4.78, 5) is 0. The van der Waals surface area contributed by atoms with Gasteiger partial charge in [-0.2, -0.15) is 0 Å². The molecule has 0 spiro atoms. The minimum atomic E-state index is 0.755. The molecule has 0 atom stereocenters. The zero-order chi connectivity index (χ0) is 11.4. The minimum Gasteiger partial charge on any atom is -0.381 e. The molecule has 2 aromatic rings. The second-order valence-corrected chi connectivity index (χ2v) is 3.98. The fourth-order valence-corrected chi connectivity index (χ4v) is 2.03. The zero-order valence-electron chi connectivity index (χ0n) is 10.0. The van der Waals surface area contributed by atoms with E-state index in [2.05, 4.69) is 46.7 Å². The molecule has 86 valence electrons. The van der Waals surface area contributed by atoms with Crippen LogP contribution in [0.2, 0.25) is 0 Å². The number of ether oxygens (including phenoxy) is 1. The van der Waals surface area contributed by atoms with E-state index in [1.165, 1.54) is 11.0 Å². The van der Waals surface area contributed by atoms with E-state index in [9.17, 15) is 0 Å². The predicted molar refractivity (Wildman–Crippen MR) is 64.3 cm³/mol. The Hall–Kier alpha value is -1.35. The number of aromatic nitrogens is 2. The second-order valence-electron chi connectivity index (χ2n) is 3.98. The number of nitrogens with zero attached hydrogens (tertiary/aromatic N) is 2. The molecule has 0 amide bonds. The van der Waals surface area contributed by atoms with Gasteiger partial charge in [0.1, 0.15) is 6.54 Å². The van der Waals surface area contributed by atoms with Crippen molar-refractivity contribution in [2.75, 3.05) is 13.7 Å². The number of rotatable bonds is 5. The average molecular weight is 219 g/mol. The highest BCUT2D eigenvalue weighted by Gasteiger charge is 2.13. The fraction of sp³-hybridized carbons (Fsp3) is 0.462. The quantitative estimate of drug-likeness (QED) is 0.703. The summed E-state index contributed by atoms with van der Waals surface area (Å²) in [5.41, 5.74) is 2.59. The van der Waals surface area contributed by atoms with Gasteiger partial charge in [-0.25, -0.2) is 9.13 Å². The summed E-state index contributed by atoms with van der Waals surface area (Å²) in [6, 6.07) is 8.52. The highest BCUT2D eigenvalue weighted by atomic mass is 16.5. The number of benzene rings is 1. The van der Waals surface area contributed by atoms with Gasteiger partial charge in [-0.15, -0.1) is 0 Å². The van der Waals surface area contributed by atoms with Crippen molar-refractivity contribution in [3.8, 4) is 0 Å². The first kappa shape index (κ1) is 11.1. The number of aryl methyl sites for hydroxylation is 1. The summed E-state index contributed by atoms with van der Waals surface area (Å²) >= 11 is 0. The van der Waals surface area contributed by atoms with Gasteiger partial charge in [0, 0.05) is 7.11 Å². The van der Waals surface area contributed by atoms with Crippen LogP contribution in [0, 0.1) is 0 Å². The molecule has 0 aliphatic rings. The van der Waals surface area contributed by atoms with Crippen molar-refractivity contribution in [1.82, 2.24) is 4.57 Å². The summed E-state index contributed by atoms with van der Waals surface area (Å²) in [6.07, 6.45) is 3.34. The first-order chi connectivity index (χ1) is 7.86. The molecule has 3 nitrogen and oxygen atoms in total. The molecule has 0 aliphatic carbocycles. The van der Waals surface area contributed by atoms with Gasteiger partial charge >= 0.3 is 0 Å². The Kier molecular flexibility index (Phi) is 3.57. The van der Waals surface area contributed by atoms with Crippen molar-refractivity contribution >= 4 is 11.0 Å². The Balaban J connectivity index is 2.40. The molecule has 0 radical (unpaired) electrons. The minimum absolute atomic E-state index is 0.755. The van der Waals surface area contributed by atoms with E-state index in [1.54, 1.807) is 7.11 Å². The van der Waals surface area contributed by atoms with Gasteiger partial charge in [0.25, 0.3) is 0 Å². The van der Waals surface area contributed by atoms with E-state index in [4.69, 9.17) is 4.74 Å². The van der Waals surface area contributed by atoms with Crippen LogP contribution in [0.1, 0.15) is 13.3 Å². The lowest BCUT2D eigenvalue weighted by atomic mass is 10.3. The summed E-state index contributed by atoms with van der Waals surface area (Å²) in [7, 11) is 1.74. The first-order valence-electron chi connectivity index (χ1n) is 5.83. The molecule has 1 aromatic heterocycles. The summed E-state index contributed by atoms with van der Waals surface area (Å²) in [5, 5.41) is 0. The van der Waals surface area contributed by atoms with Crippen LogP contribution >= 0.6 is 0 Å². The molecule has 0 fully saturated rings. The highest BCUT2D eigenvalue weighted by Crippen LogP contribution is 2.10. The highest BCUT2D eigenvalue weighted by molar-refractivity contribution is 5.71. The van der Waals surface area contributed by atoms with Crippen LogP contribution in [-0.2, 0) is 17.8 Å². The maximum Gasteiger partial charge on any atom is 0.244 e. The van der Waals surface area contributed by atoms with Crippen molar-refractivity contribution in [3.63, 3.8) is 0 Å². The van der Waals surface area contributed by atoms with Crippen LogP contribution in [0.15, 0.2) is 30.6 Å². The maximum absolute atomic E-state index is 5.13. The first-order valence-corrected chi connectivity index (χ1v) is 5.83. The molecule has 1 aromatic carbocycles. The monoisotopic (exact) mass is 219 g/mol. The van der Waals surface area contributed by atoms with Crippen LogP contribution in [0.25, 0.3) is 11.0 Å². The normalized spacial score (nSPS) is 11.1. The van der Waals surface area contributed by atoms with Gasteiger partial charge in [0.2, 0.25) is 6.33 Å². The molecule has 1 heterocycles. The number of fused-ring (bicyclic) bond motifs is 1. The molecule has 0 bridgehead atoms. The number of hydrogen-bond donors (Lipinski definition) is 0. The molecule has 0 aliphatic heterocycles. The molecular formula is C13H19N2O+. The van der Waals surface area contributed by atoms with E-state index in [0.717, 1.165) is 26.1 Å². The van der Waals surface area contributed by atoms with Crippen LogP contribution < -0.4 is 4.57 Å². The number of imidazole rings is 1. The molecule has 0 unspecified atom stereocenters. The lowest BCUT2D eigenvalue weighted by molar-refractivity contribution is -0.672. The SMILES string of the molecule is CCC[n+]1cn(CCOC)c2ccccc21. The van der Waals surface area contributed by atoms with E-state index in [-0.39, 0.29) is 0 Å². The number of para-hydroxylation sites is 2. The topological polar surface area (TPSA) is 18.0 Å². The van der Waals surface area contributed by atoms with Gasteiger partial charge in [0.15, 0.2) is 11.0 Å². The molecule has 3 heteroatoms. The Bertz CT molecular complexity index is 462. The fourth-order valence-electron chi connectivity index (χ4n) is 2.03. The van der Waals surface area contributed by atoms with Crippen LogP contribution in [-0.4, -0.2) is 18.3 Å². The van der Waals surface area contributed by atoms with Crippen LogP contribution in [0.3, 0.4) is 0 Å². The Morgan fingerprint density at radius 2 is 2.12 bits per heavy atom. The van der Waals surface area contributed by atoms with Crippen LogP contribution in [0.4, 0.5) is 0 Å². The second kappa shape index (κ2) is 5.12. The van der Waals surface area contributed by atoms with Crippen molar-refractivity contribution < 1.29 is 9.30 Å². The summed E-state index contributed by atoms with van der Waals surface area (Å²) in [5.74, 6) is 0. The molecule has 0 N–H and O–H groups in total. The maximum atomic E-state index is 5.13. The zero-order valence-corrected chi connectivity index (χ0v) is 10.0. The van der Waals surface area contributed by atoms with Crippen molar-refractivity contribution in [2.24, 2.45) is 0 Å². The standard InChI is InChI=1S/C13H19N2O/c1-3-8-14-11-15(9-10-16-2)13-7-5-4-6-12(13)14/h4-7,11H,3,8-10H2,1-2H3/q+1. The molecule has 16 heavy (non-hydrogen) atoms. The third kappa shape index (κ3) is 2.09. The molecule has 0 saturated carbocycles. The van der Waals surface area contributed by atoms with Crippen LogP contribution in [0.5, 0.6) is 0 Å². The van der Waals surface area contributed by atoms with Gasteiger partial charge < -0.3 is 4.74 Å². The largest absolute Gasteiger partial charge is 0.381 e. The molecule has 2 rings (SSSR count). The van der Waals surface area contributed by atoms with Crippen molar-refractivity contribution in [3.05, 3.63) is 30.6 Å². The smallest absolute Gasteiger partial charge is 0.244 e. The summed E-state index contributed by atoms with van der Waals surface area (Å²) < 4.78 is 9.70. The Morgan fingerprint density at radius 1 is 1.31 bits per heavy atom. The lowest BCUT2D eigenvalue weighted by Crippen LogP contribution is -2.31. The van der Waals surface area contributed by atoms with Gasteiger partial charge in [0.05, 0.1) is 13.2 Å². The van der Waals surface area contributed by atoms with E-state index < -0.39 is 0 Å². The van der Waals surface area contributed by atoms with Gasteiger partial charge in [-0.3, -0.25) is 0 Å². The predicted octanol–water partition coefficient (Wildman–Crippen LogP) is 1.99. The Morgan fingerprint density at radius 3 is 2.88 bits per heavy atom. The third-order valence-corrected chi connectivity index (χ3v) is 2.78. The molecule has 0 saturated heterocycles. The lowest BCUT2D eigenvalue weighted by Gasteiger charge is -1.95. The van der Waals surface area contributed by atoms with E-state index in [0.29, 0.717) is 0 Å². The summed E-state index contributed by atoms with van der Waals surface area (Å²) in [6.45, 7) is 4.94. The van der Waals surface area contributed by atoms with Gasteiger partial charge in [-0.05, 0) is 18.6 Å². The van der Waals surface area contributed by atoms with Gasteiger partial charge in [-0.1, -0.05) is 19.1 Å². The number of methoxy groups -OCH3 is 1. The molecular weight excluding hydrogens is 200 g/mol. The van der Waals surface area contributed by atoms with Crippen molar-refractivity contribution in [2.45, 2.75) is 26.4 Å². The third-order valence-electron chi connectivity index (χ3n) is 2.78. The average Bonchev–Trinajstić information content (AvgIpc) is 2.66. The number of hydrogen-bond acceptors (Lipinski definition) is 1.